The van der Waals surface area contributed by atoms with Crippen molar-refractivity contribution in [3.63, 3.8) is 0 Å². The molecule has 0 saturated carbocycles. The Kier molecular flexibility index (Phi) is 7.27. The molecule has 18 heavy (non-hydrogen) atoms. The fourth-order valence-electron chi connectivity index (χ4n) is 1.82. The summed E-state index contributed by atoms with van der Waals surface area (Å²) in [5.74, 6) is -1.29. The van der Waals surface area contributed by atoms with E-state index in [1.807, 2.05) is 0 Å². The number of hydrogen-bond donors (Lipinski definition) is 3. The fourth-order valence-corrected chi connectivity index (χ4v) is 1.82. The van der Waals surface area contributed by atoms with Gasteiger partial charge in [0, 0.05) is 31.9 Å². The summed E-state index contributed by atoms with van der Waals surface area (Å²) in [6.07, 6.45) is 0. The van der Waals surface area contributed by atoms with Crippen LogP contribution in [-0.2, 0) is 0 Å². The quantitative estimate of drug-likeness (QED) is 0.724. The predicted octanol–water partition coefficient (Wildman–Crippen LogP) is 1.66. The van der Waals surface area contributed by atoms with Crippen LogP contribution in [0.3, 0.4) is 0 Å². The van der Waals surface area contributed by atoms with Gasteiger partial charge in [-0.15, -0.1) is 34.0 Å². The lowest BCUT2D eigenvalue weighted by Crippen LogP contribution is -2.43. The van der Waals surface area contributed by atoms with Crippen molar-refractivity contribution in [3.05, 3.63) is 23.8 Å². The Hall–Kier alpha value is -0.790. The summed E-state index contributed by atoms with van der Waals surface area (Å²) < 4.78 is 0. The lowest BCUT2D eigenvalue weighted by molar-refractivity contribution is 0.0694. The number of phenols is 1. The Morgan fingerprint density at radius 3 is 2.39 bits per heavy atom. The fraction of sp³-hybridized carbons (Fsp3) is 0.364. The topological polar surface area (TPSA) is 72.8 Å². The molecule has 1 aliphatic rings. The van der Waals surface area contributed by atoms with Gasteiger partial charge in [0.15, 0.2) is 0 Å². The second-order valence-corrected chi connectivity index (χ2v) is 3.74. The number of aromatic hydroxyl groups is 1. The number of aromatic carboxylic acids is 1. The van der Waals surface area contributed by atoms with Crippen LogP contribution in [0.15, 0.2) is 18.2 Å². The van der Waals surface area contributed by atoms with Gasteiger partial charge in [-0.3, -0.25) is 0 Å². The Morgan fingerprint density at radius 2 is 1.83 bits per heavy atom. The van der Waals surface area contributed by atoms with Crippen LogP contribution >= 0.6 is 34.0 Å². The summed E-state index contributed by atoms with van der Waals surface area (Å²) in [6.45, 7) is 3.49. The molecule has 0 bridgehead atoms. The van der Waals surface area contributed by atoms with Gasteiger partial charge < -0.3 is 20.4 Å². The zero-order valence-electron chi connectivity index (χ0n) is 9.63. The summed E-state index contributed by atoms with van der Waals surface area (Å²) >= 11 is 0. The Morgan fingerprint density at radius 1 is 1.22 bits per heavy atom. The molecule has 0 aliphatic carbocycles. The first-order valence-corrected chi connectivity index (χ1v) is 5.20. The molecule has 1 saturated heterocycles. The summed E-state index contributed by atoms with van der Waals surface area (Å²) in [5, 5.41) is 21.5. The van der Waals surface area contributed by atoms with Crippen LogP contribution in [0.5, 0.6) is 5.75 Å². The number of benzene rings is 1. The first-order chi connectivity index (χ1) is 7.68. The minimum absolute atomic E-state index is 0. The van der Waals surface area contributed by atoms with Gasteiger partial charge in [-0.05, 0) is 18.2 Å². The number of nitrogens with one attached hydrogen (secondary N) is 1. The monoisotopic (exact) mass is 382 g/mol. The second-order valence-electron chi connectivity index (χ2n) is 3.74. The number of hydrogen-bond acceptors (Lipinski definition) is 4. The molecule has 0 unspecified atom stereocenters. The van der Waals surface area contributed by atoms with Gasteiger partial charge in [0.1, 0.15) is 11.3 Å². The third kappa shape index (κ3) is 3.86. The number of carboxylic acid groups (broad SMARTS) is 1. The summed E-state index contributed by atoms with van der Waals surface area (Å²) in [5.41, 5.74) is 0.799. The number of rotatable bonds is 2. The summed E-state index contributed by atoms with van der Waals surface area (Å²) in [6, 6.07) is 4.69. The van der Waals surface area contributed by atoms with Gasteiger partial charge in [-0.25, -0.2) is 4.79 Å². The van der Waals surface area contributed by atoms with E-state index in [-0.39, 0.29) is 45.3 Å². The molecule has 0 amide bonds. The highest BCUT2D eigenvalue weighted by Gasteiger charge is 2.15. The third-order valence-corrected chi connectivity index (χ3v) is 2.69. The van der Waals surface area contributed by atoms with E-state index in [0.717, 1.165) is 31.9 Å². The number of piperazine rings is 1. The molecule has 1 aromatic carbocycles. The molecule has 5 nitrogen and oxygen atoms in total. The van der Waals surface area contributed by atoms with E-state index in [4.69, 9.17) is 5.11 Å². The molecule has 2 rings (SSSR count). The maximum Gasteiger partial charge on any atom is 0.339 e. The van der Waals surface area contributed by atoms with Crippen LogP contribution in [0.1, 0.15) is 10.4 Å². The molecule has 7 heteroatoms. The molecule has 1 aromatic rings. The predicted molar refractivity (Wildman–Crippen MR) is 80.8 cm³/mol. The van der Waals surface area contributed by atoms with Gasteiger partial charge >= 0.3 is 5.97 Å². The minimum atomic E-state index is -1.10. The van der Waals surface area contributed by atoms with Crippen LogP contribution < -0.4 is 10.2 Å². The molecule has 0 radical (unpaired) electrons. The van der Waals surface area contributed by atoms with Crippen molar-refractivity contribution < 1.29 is 15.0 Å². The molecule has 1 heterocycles. The Bertz CT molecular complexity index is 409. The molecule has 3 N–H and O–H groups in total. The summed E-state index contributed by atoms with van der Waals surface area (Å²) in [4.78, 5) is 13.0. The maximum absolute atomic E-state index is 10.9. The van der Waals surface area contributed by atoms with Gasteiger partial charge in [0.2, 0.25) is 0 Å². The Balaban J connectivity index is 0.00000144. The van der Waals surface area contributed by atoms with Gasteiger partial charge in [0.05, 0.1) is 0 Å². The number of halogens is 2. The van der Waals surface area contributed by atoms with Crippen molar-refractivity contribution in [2.24, 2.45) is 0 Å². The zero-order chi connectivity index (χ0) is 11.5. The molecular formula is C11H16Br2N2O3. The van der Waals surface area contributed by atoms with E-state index < -0.39 is 5.97 Å². The van der Waals surface area contributed by atoms with Crippen molar-refractivity contribution in [1.29, 1.82) is 0 Å². The van der Waals surface area contributed by atoms with E-state index in [1.54, 1.807) is 6.07 Å². The first-order valence-electron chi connectivity index (χ1n) is 5.20. The molecule has 0 atom stereocenters. The van der Waals surface area contributed by atoms with Crippen molar-refractivity contribution in [2.75, 3.05) is 31.1 Å². The van der Waals surface area contributed by atoms with E-state index >= 15 is 0 Å². The standard InChI is InChI=1S/C11H14N2O3.2BrH/c14-10-2-1-8(7-9(10)11(15)16)13-5-3-12-4-6-13;;/h1-2,7,12,14H,3-6H2,(H,15,16);2*1H. The first kappa shape index (κ1) is 17.2. The molecule has 102 valence electrons. The molecular weight excluding hydrogens is 368 g/mol. The van der Waals surface area contributed by atoms with E-state index in [0.29, 0.717) is 0 Å². The van der Waals surface area contributed by atoms with Crippen molar-refractivity contribution >= 4 is 45.6 Å². The van der Waals surface area contributed by atoms with Crippen LogP contribution in [0.4, 0.5) is 5.69 Å². The van der Waals surface area contributed by atoms with Crippen molar-refractivity contribution in [2.45, 2.75) is 0 Å². The second kappa shape index (κ2) is 7.60. The number of carboxylic acids is 1. The zero-order valence-corrected chi connectivity index (χ0v) is 13.1. The van der Waals surface area contributed by atoms with Crippen LogP contribution in [0.25, 0.3) is 0 Å². The van der Waals surface area contributed by atoms with E-state index in [1.165, 1.54) is 12.1 Å². The van der Waals surface area contributed by atoms with E-state index in [9.17, 15) is 9.90 Å². The largest absolute Gasteiger partial charge is 0.507 e. The highest BCUT2D eigenvalue weighted by molar-refractivity contribution is 8.93. The highest BCUT2D eigenvalue weighted by Crippen LogP contribution is 2.24. The number of anilines is 1. The molecule has 1 fully saturated rings. The third-order valence-electron chi connectivity index (χ3n) is 2.69. The van der Waals surface area contributed by atoms with Crippen LogP contribution in [-0.4, -0.2) is 42.4 Å². The molecule has 0 aromatic heterocycles. The molecule has 1 aliphatic heterocycles. The van der Waals surface area contributed by atoms with Gasteiger partial charge in [-0.1, -0.05) is 0 Å². The van der Waals surface area contributed by atoms with Crippen molar-refractivity contribution in [1.82, 2.24) is 5.32 Å². The molecule has 0 spiro atoms. The highest BCUT2D eigenvalue weighted by atomic mass is 79.9. The van der Waals surface area contributed by atoms with Gasteiger partial charge in [0.25, 0.3) is 0 Å². The number of carbonyl (C=O) groups is 1. The average molecular weight is 384 g/mol. The smallest absolute Gasteiger partial charge is 0.339 e. The average Bonchev–Trinajstić information content (AvgIpc) is 2.30. The SMILES string of the molecule is Br.Br.O=C(O)c1cc(N2CCNCC2)ccc1O. The Labute approximate surface area is 126 Å². The van der Waals surface area contributed by atoms with E-state index in [2.05, 4.69) is 10.2 Å². The lowest BCUT2D eigenvalue weighted by Gasteiger charge is -2.29. The van der Waals surface area contributed by atoms with Crippen LogP contribution in [0, 0.1) is 0 Å². The van der Waals surface area contributed by atoms with Crippen molar-refractivity contribution in [3.8, 4) is 5.75 Å². The van der Waals surface area contributed by atoms with Gasteiger partial charge in [-0.2, -0.15) is 0 Å². The number of nitrogens with zero attached hydrogens (tertiary/aromatic N) is 1. The maximum atomic E-state index is 10.9. The van der Waals surface area contributed by atoms with Crippen LogP contribution in [0.2, 0.25) is 0 Å². The normalized spacial score (nSPS) is 14.3. The lowest BCUT2D eigenvalue weighted by atomic mass is 10.1. The summed E-state index contributed by atoms with van der Waals surface area (Å²) in [7, 11) is 0. The minimum Gasteiger partial charge on any atom is -0.507 e.